The van der Waals surface area contributed by atoms with E-state index in [4.69, 9.17) is 11.6 Å². The van der Waals surface area contributed by atoms with E-state index in [2.05, 4.69) is 19.1 Å². The molecule has 0 amide bonds. The molecule has 0 radical (unpaired) electrons. The predicted molar refractivity (Wildman–Crippen MR) is 88.0 cm³/mol. The highest BCUT2D eigenvalue weighted by Gasteiger charge is 2.32. The highest BCUT2D eigenvalue weighted by atomic mass is 35.5. The van der Waals surface area contributed by atoms with Crippen molar-refractivity contribution in [2.24, 2.45) is 5.92 Å². The highest BCUT2D eigenvalue weighted by molar-refractivity contribution is 6.31. The largest absolute Gasteiger partial charge is 0.323 e. The molecule has 1 saturated carbocycles. The van der Waals surface area contributed by atoms with Gasteiger partial charge in [-0.2, -0.15) is 0 Å². The summed E-state index contributed by atoms with van der Waals surface area (Å²) in [7, 11) is 0. The summed E-state index contributed by atoms with van der Waals surface area (Å²) in [5.74, 6) is 0.949. The maximum atomic E-state index is 6.29. The fourth-order valence-electron chi connectivity index (χ4n) is 4.23. The lowest BCUT2D eigenvalue weighted by molar-refractivity contribution is -1.03. The molecule has 0 aromatic heterocycles. The summed E-state index contributed by atoms with van der Waals surface area (Å²) >= 11 is 6.29. The van der Waals surface area contributed by atoms with Gasteiger partial charge in [-0.05, 0) is 24.8 Å². The summed E-state index contributed by atoms with van der Waals surface area (Å²) < 4.78 is 0. The van der Waals surface area contributed by atoms with E-state index in [1.165, 1.54) is 57.4 Å². The van der Waals surface area contributed by atoms with Gasteiger partial charge in [-0.3, -0.25) is 0 Å². The Balaban J connectivity index is 1.50. The minimum Gasteiger partial charge on any atom is -0.323 e. The Labute approximate surface area is 134 Å². The fraction of sp³-hybridized carbons (Fsp3) is 0.667. The zero-order valence-electron chi connectivity index (χ0n) is 13.2. The Bertz CT molecular complexity index is 454. The lowest BCUT2D eigenvalue weighted by Crippen LogP contribution is -3.29. The third-order valence-electron chi connectivity index (χ3n) is 5.51. The number of piperazine rings is 1. The molecule has 2 aliphatic rings. The molecular formula is C18H29ClN2+2. The van der Waals surface area contributed by atoms with Gasteiger partial charge in [-0.15, -0.1) is 0 Å². The molecule has 3 heteroatoms. The molecule has 2 fully saturated rings. The Morgan fingerprint density at radius 1 is 1.10 bits per heavy atom. The van der Waals surface area contributed by atoms with Gasteiger partial charge < -0.3 is 9.80 Å². The molecule has 1 aromatic carbocycles. The number of hydrogen-bond acceptors (Lipinski definition) is 0. The van der Waals surface area contributed by atoms with Crippen LogP contribution in [0.3, 0.4) is 0 Å². The maximum Gasteiger partial charge on any atom is 0.127 e. The lowest BCUT2D eigenvalue weighted by Gasteiger charge is -2.37. The van der Waals surface area contributed by atoms with Crippen molar-refractivity contribution in [3.8, 4) is 0 Å². The quantitative estimate of drug-likeness (QED) is 0.830. The topological polar surface area (TPSA) is 8.88 Å². The molecule has 1 aliphatic carbocycles. The molecule has 1 heterocycles. The van der Waals surface area contributed by atoms with Crippen LogP contribution in [0.25, 0.3) is 0 Å². The van der Waals surface area contributed by atoms with Crippen LogP contribution < -0.4 is 9.80 Å². The second-order valence-electron chi connectivity index (χ2n) is 7.15. The van der Waals surface area contributed by atoms with Crippen LogP contribution in [0.1, 0.15) is 38.2 Å². The van der Waals surface area contributed by atoms with Crippen molar-refractivity contribution in [1.29, 1.82) is 0 Å². The maximum absolute atomic E-state index is 6.29. The minimum absolute atomic E-state index is 0.931. The van der Waals surface area contributed by atoms with Gasteiger partial charge in [-0.1, -0.05) is 43.1 Å². The van der Waals surface area contributed by atoms with Crippen molar-refractivity contribution in [2.75, 3.05) is 26.2 Å². The number of rotatable bonds is 3. The molecule has 1 saturated heterocycles. The van der Waals surface area contributed by atoms with Crippen LogP contribution in [0.5, 0.6) is 0 Å². The Hall–Kier alpha value is -0.570. The number of nitrogens with one attached hydrogen (secondary N) is 2. The Morgan fingerprint density at radius 2 is 1.86 bits per heavy atom. The van der Waals surface area contributed by atoms with Gasteiger partial charge in [0.2, 0.25) is 0 Å². The van der Waals surface area contributed by atoms with Crippen LogP contribution in [0.15, 0.2) is 24.3 Å². The first kappa shape index (κ1) is 15.3. The predicted octanol–water partition coefficient (Wildman–Crippen LogP) is 1.20. The van der Waals surface area contributed by atoms with Crippen LogP contribution in [0.4, 0.5) is 0 Å². The van der Waals surface area contributed by atoms with Crippen molar-refractivity contribution < 1.29 is 9.80 Å². The molecule has 0 bridgehead atoms. The van der Waals surface area contributed by atoms with Crippen LogP contribution in [0, 0.1) is 5.92 Å². The second kappa shape index (κ2) is 7.13. The molecule has 3 rings (SSSR count). The number of quaternary nitrogens is 2. The molecule has 2 atom stereocenters. The van der Waals surface area contributed by atoms with E-state index >= 15 is 0 Å². The smallest absolute Gasteiger partial charge is 0.127 e. The molecule has 1 aliphatic heterocycles. The summed E-state index contributed by atoms with van der Waals surface area (Å²) in [6.07, 6.45) is 5.81. The fourth-order valence-corrected chi connectivity index (χ4v) is 4.43. The summed E-state index contributed by atoms with van der Waals surface area (Å²) in [6, 6.07) is 9.26. The third-order valence-corrected chi connectivity index (χ3v) is 5.88. The van der Waals surface area contributed by atoms with E-state index in [0.29, 0.717) is 0 Å². The molecule has 21 heavy (non-hydrogen) atoms. The molecule has 116 valence electrons. The molecule has 2 N–H and O–H groups in total. The van der Waals surface area contributed by atoms with Crippen molar-refractivity contribution in [3.05, 3.63) is 34.9 Å². The van der Waals surface area contributed by atoms with Gasteiger partial charge >= 0.3 is 0 Å². The standard InChI is InChI=1S/C18H27ClN2/c1-15-5-4-7-17(13-15)21-11-9-20(10-12-21)14-16-6-2-3-8-18(16)19/h2-3,6,8,15,17H,4-5,7,9-14H2,1H3/p+2/t15-,17+/m0/s1. The van der Waals surface area contributed by atoms with Crippen LogP contribution in [0.2, 0.25) is 5.02 Å². The van der Waals surface area contributed by atoms with Gasteiger partial charge in [-0.25, -0.2) is 0 Å². The van der Waals surface area contributed by atoms with E-state index < -0.39 is 0 Å². The first-order valence-corrected chi connectivity index (χ1v) is 9.01. The molecule has 2 nitrogen and oxygen atoms in total. The summed E-state index contributed by atoms with van der Waals surface area (Å²) in [6.45, 7) is 8.81. The average Bonchev–Trinajstić information content (AvgIpc) is 2.50. The van der Waals surface area contributed by atoms with Crippen molar-refractivity contribution in [2.45, 2.75) is 45.2 Å². The van der Waals surface area contributed by atoms with Gasteiger partial charge in [0, 0.05) is 17.0 Å². The summed E-state index contributed by atoms with van der Waals surface area (Å²) in [5, 5.41) is 0.931. The third kappa shape index (κ3) is 4.00. The van der Waals surface area contributed by atoms with Crippen molar-refractivity contribution in [3.63, 3.8) is 0 Å². The van der Waals surface area contributed by atoms with Crippen LogP contribution in [-0.4, -0.2) is 32.2 Å². The second-order valence-corrected chi connectivity index (χ2v) is 7.55. The first-order valence-electron chi connectivity index (χ1n) is 8.64. The molecule has 0 unspecified atom stereocenters. The van der Waals surface area contributed by atoms with E-state index in [1.807, 2.05) is 17.0 Å². The number of benzene rings is 1. The van der Waals surface area contributed by atoms with E-state index in [9.17, 15) is 0 Å². The van der Waals surface area contributed by atoms with Gasteiger partial charge in [0.05, 0.1) is 6.04 Å². The number of hydrogen-bond donors (Lipinski definition) is 2. The first-order chi connectivity index (χ1) is 10.2. The normalized spacial score (nSPS) is 33.8. The van der Waals surface area contributed by atoms with Gasteiger partial charge in [0.15, 0.2) is 0 Å². The molecular weight excluding hydrogens is 280 g/mol. The minimum atomic E-state index is 0.931. The molecule has 0 spiro atoms. The Kier molecular flexibility index (Phi) is 5.20. The average molecular weight is 309 g/mol. The van der Waals surface area contributed by atoms with E-state index in [1.54, 1.807) is 4.90 Å². The van der Waals surface area contributed by atoms with Gasteiger partial charge in [0.1, 0.15) is 32.7 Å². The van der Waals surface area contributed by atoms with Crippen molar-refractivity contribution >= 4 is 11.6 Å². The number of halogens is 1. The Morgan fingerprint density at radius 3 is 2.57 bits per heavy atom. The van der Waals surface area contributed by atoms with Crippen molar-refractivity contribution in [1.82, 2.24) is 0 Å². The van der Waals surface area contributed by atoms with Crippen LogP contribution in [-0.2, 0) is 6.54 Å². The molecule has 1 aromatic rings. The monoisotopic (exact) mass is 308 g/mol. The lowest BCUT2D eigenvalue weighted by atomic mass is 9.86. The zero-order valence-corrected chi connectivity index (χ0v) is 14.0. The van der Waals surface area contributed by atoms with Crippen LogP contribution >= 0.6 is 11.6 Å². The zero-order chi connectivity index (χ0) is 14.7. The van der Waals surface area contributed by atoms with E-state index in [0.717, 1.165) is 23.5 Å². The summed E-state index contributed by atoms with van der Waals surface area (Å²) in [5.41, 5.74) is 1.31. The SMILES string of the molecule is C[C@H]1CCC[C@@H]([NH+]2CC[NH+](Cc3ccccc3Cl)CC2)C1. The van der Waals surface area contributed by atoms with Gasteiger partial charge in [0.25, 0.3) is 0 Å². The van der Waals surface area contributed by atoms with E-state index in [-0.39, 0.29) is 0 Å². The summed E-state index contributed by atoms with van der Waals surface area (Å²) in [4.78, 5) is 3.58. The highest BCUT2D eigenvalue weighted by Crippen LogP contribution is 2.21.